The molecule has 188 valence electrons. The zero-order valence-corrected chi connectivity index (χ0v) is 21.7. The molecule has 0 N–H and O–H groups in total. The lowest BCUT2D eigenvalue weighted by Gasteiger charge is -2.10. The molecule has 2 heteroatoms. The summed E-state index contributed by atoms with van der Waals surface area (Å²) in [6, 6.07) is 50.5. The van der Waals surface area contributed by atoms with Gasteiger partial charge in [-0.05, 0) is 34.4 Å². The number of hydrogen-bond acceptors (Lipinski definition) is 2. The minimum absolute atomic E-state index is 0.817. The highest BCUT2D eigenvalue weighted by atomic mass is 16.4. The molecule has 0 saturated carbocycles. The highest BCUT2D eigenvalue weighted by Crippen LogP contribution is 2.48. The van der Waals surface area contributed by atoms with E-state index < -0.39 is 0 Å². The fraction of sp³-hybridized carbons (Fsp3) is 0. The van der Waals surface area contributed by atoms with E-state index in [0.29, 0.717) is 0 Å². The summed E-state index contributed by atoms with van der Waals surface area (Å²) >= 11 is 0. The van der Waals surface area contributed by atoms with Crippen molar-refractivity contribution in [3.05, 3.63) is 146 Å². The second kappa shape index (κ2) is 9.14. The summed E-state index contributed by atoms with van der Waals surface area (Å²) < 4.78 is 13.6. The standard InChI is InChI=1S/C38H24O2/c1-3-13-25(14-4-1)27-17-7-8-19-30(27)36-31-20-9-10-21-32(31)38(40-36)35-28(26-15-5-2-6-16-26)23-24-33-29-18-11-12-22-34(29)39-37(33)35/h1-24H. The number of fused-ring (bicyclic) bond motifs is 4. The van der Waals surface area contributed by atoms with Gasteiger partial charge < -0.3 is 8.83 Å². The summed E-state index contributed by atoms with van der Waals surface area (Å²) in [5.74, 6) is 1.68. The molecule has 0 bridgehead atoms. The van der Waals surface area contributed by atoms with Crippen LogP contribution in [0.1, 0.15) is 0 Å². The van der Waals surface area contributed by atoms with Crippen LogP contribution in [-0.4, -0.2) is 0 Å². The minimum Gasteiger partial charge on any atom is -0.455 e. The van der Waals surface area contributed by atoms with Crippen LogP contribution < -0.4 is 0 Å². The molecule has 0 radical (unpaired) electrons. The van der Waals surface area contributed by atoms with Crippen LogP contribution in [0.25, 0.3) is 77.6 Å². The SMILES string of the molecule is c1ccc(-c2ccccc2-c2oc(-c3c(-c4ccccc4)ccc4c3oc3ccccc34)c3ccccc23)cc1. The van der Waals surface area contributed by atoms with Crippen LogP contribution in [0.3, 0.4) is 0 Å². The topological polar surface area (TPSA) is 26.3 Å². The highest BCUT2D eigenvalue weighted by molar-refractivity contribution is 6.16. The molecule has 0 aliphatic heterocycles. The predicted octanol–water partition coefficient (Wildman–Crippen LogP) is 11.0. The van der Waals surface area contributed by atoms with Crippen LogP contribution in [0.15, 0.2) is 154 Å². The van der Waals surface area contributed by atoms with E-state index >= 15 is 0 Å². The first-order chi connectivity index (χ1) is 19.9. The Kier molecular flexibility index (Phi) is 5.17. The molecular weight excluding hydrogens is 488 g/mol. The van der Waals surface area contributed by atoms with Crippen LogP contribution in [0.2, 0.25) is 0 Å². The molecule has 0 atom stereocenters. The van der Waals surface area contributed by atoms with Gasteiger partial charge in [0.05, 0.1) is 5.56 Å². The van der Waals surface area contributed by atoms with Crippen molar-refractivity contribution < 1.29 is 8.83 Å². The molecule has 0 unspecified atom stereocenters. The Bertz CT molecular complexity index is 2150. The van der Waals surface area contributed by atoms with Gasteiger partial charge >= 0.3 is 0 Å². The molecule has 2 aromatic heterocycles. The lowest BCUT2D eigenvalue weighted by Crippen LogP contribution is -1.86. The molecule has 8 aromatic rings. The van der Waals surface area contributed by atoms with E-state index in [4.69, 9.17) is 8.83 Å². The second-order valence-corrected chi connectivity index (χ2v) is 10.0. The van der Waals surface area contributed by atoms with Crippen molar-refractivity contribution >= 4 is 32.7 Å². The van der Waals surface area contributed by atoms with Gasteiger partial charge in [-0.2, -0.15) is 0 Å². The summed E-state index contributed by atoms with van der Waals surface area (Å²) in [5, 5.41) is 4.32. The van der Waals surface area contributed by atoms with Crippen LogP contribution in [-0.2, 0) is 0 Å². The Labute approximate surface area is 231 Å². The monoisotopic (exact) mass is 512 g/mol. The molecule has 0 amide bonds. The van der Waals surface area contributed by atoms with Crippen molar-refractivity contribution in [1.82, 2.24) is 0 Å². The van der Waals surface area contributed by atoms with Crippen LogP contribution >= 0.6 is 0 Å². The van der Waals surface area contributed by atoms with Crippen molar-refractivity contribution in [3.63, 3.8) is 0 Å². The van der Waals surface area contributed by atoms with Crippen molar-refractivity contribution in [2.45, 2.75) is 0 Å². The third kappa shape index (κ3) is 3.50. The molecule has 0 spiro atoms. The van der Waals surface area contributed by atoms with Crippen molar-refractivity contribution in [3.8, 4) is 44.9 Å². The lowest BCUT2D eigenvalue weighted by molar-refractivity contribution is 0.599. The average molecular weight is 513 g/mol. The number of hydrogen-bond donors (Lipinski definition) is 0. The van der Waals surface area contributed by atoms with Gasteiger partial charge in [0.15, 0.2) is 0 Å². The molecule has 0 aliphatic carbocycles. The van der Waals surface area contributed by atoms with Gasteiger partial charge in [0.2, 0.25) is 0 Å². The summed E-state index contributed by atoms with van der Waals surface area (Å²) in [4.78, 5) is 0. The predicted molar refractivity (Wildman–Crippen MR) is 165 cm³/mol. The van der Waals surface area contributed by atoms with E-state index in [-0.39, 0.29) is 0 Å². The van der Waals surface area contributed by atoms with E-state index in [1.807, 2.05) is 24.3 Å². The maximum absolute atomic E-state index is 7.01. The molecule has 2 nitrogen and oxygen atoms in total. The first kappa shape index (κ1) is 22.6. The van der Waals surface area contributed by atoms with E-state index in [0.717, 1.165) is 77.6 Å². The van der Waals surface area contributed by atoms with Crippen LogP contribution in [0.4, 0.5) is 0 Å². The molecule has 8 rings (SSSR count). The van der Waals surface area contributed by atoms with Gasteiger partial charge in [0.25, 0.3) is 0 Å². The van der Waals surface area contributed by atoms with Crippen molar-refractivity contribution in [2.75, 3.05) is 0 Å². The van der Waals surface area contributed by atoms with Gasteiger partial charge in [-0.25, -0.2) is 0 Å². The first-order valence-corrected chi connectivity index (χ1v) is 13.5. The molecule has 0 aliphatic rings. The second-order valence-electron chi connectivity index (χ2n) is 10.0. The van der Waals surface area contributed by atoms with E-state index in [1.54, 1.807) is 0 Å². The molecule has 40 heavy (non-hydrogen) atoms. The third-order valence-corrected chi connectivity index (χ3v) is 7.74. The average Bonchev–Trinajstić information content (AvgIpc) is 3.60. The number of rotatable bonds is 4. The number of para-hydroxylation sites is 1. The Hall–Kier alpha value is -5.34. The van der Waals surface area contributed by atoms with Gasteiger partial charge in [-0.1, -0.05) is 133 Å². The van der Waals surface area contributed by atoms with E-state index in [2.05, 4.69) is 121 Å². The van der Waals surface area contributed by atoms with E-state index in [1.165, 1.54) is 0 Å². The highest BCUT2D eigenvalue weighted by Gasteiger charge is 2.25. The maximum atomic E-state index is 7.01. The molecule has 0 fully saturated rings. The number of benzene rings is 6. The zero-order valence-electron chi connectivity index (χ0n) is 21.7. The minimum atomic E-state index is 0.817. The summed E-state index contributed by atoms with van der Waals surface area (Å²) in [7, 11) is 0. The Morgan fingerprint density at radius 3 is 1.60 bits per heavy atom. The fourth-order valence-corrected chi connectivity index (χ4v) is 5.90. The largest absolute Gasteiger partial charge is 0.455 e. The van der Waals surface area contributed by atoms with E-state index in [9.17, 15) is 0 Å². The maximum Gasteiger partial charge on any atom is 0.147 e. The summed E-state index contributed by atoms with van der Waals surface area (Å²) in [5.41, 5.74) is 8.23. The third-order valence-electron chi connectivity index (χ3n) is 7.74. The van der Waals surface area contributed by atoms with Gasteiger partial charge in [-0.15, -0.1) is 0 Å². The normalized spacial score (nSPS) is 11.5. The lowest BCUT2D eigenvalue weighted by atomic mass is 9.93. The van der Waals surface area contributed by atoms with Crippen molar-refractivity contribution in [2.24, 2.45) is 0 Å². The molecule has 6 aromatic carbocycles. The number of furan rings is 2. The smallest absolute Gasteiger partial charge is 0.147 e. The quantitative estimate of drug-likeness (QED) is 0.234. The molecule has 0 saturated heterocycles. The summed E-state index contributed by atoms with van der Waals surface area (Å²) in [6.45, 7) is 0. The fourth-order valence-electron chi connectivity index (χ4n) is 5.90. The Morgan fingerprint density at radius 2 is 0.875 bits per heavy atom. The molecule has 2 heterocycles. The Morgan fingerprint density at radius 1 is 0.325 bits per heavy atom. The van der Waals surface area contributed by atoms with Gasteiger partial charge in [0.1, 0.15) is 22.7 Å². The zero-order chi connectivity index (χ0) is 26.5. The van der Waals surface area contributed by atoms with Crippen LogP contribution in [0.5, 0.6) is 0 Å². The van der Waals surface area contributed by atoms with Crippen LogP contribution in [0, 0.1) is 0 Å². The van der Waals surface area contributed by atoms with Gasteiger partial charge in [-0.3, -0.25) is 0 Å². The summed E-state index contributed by atoms with van der Waals surface area (Å²) in [6.07, 6.45) is 0. The Balaban J connectivity index is 1.48. The molecular formula is C38H24O2. The van der Waals surface area contributed by atoms with Gasteiger partial charge in [0, 0.05) is 27.1 Å². The first-order valence-electron chi connectivity index (χ1n) is 13.5. The van der Waals surface area contributed by atoms with Crippen molar-refractivity contribution in [1.29, 1.82) is 0 Å².